The van der Waals surface area contributed by atoms with Crippen molar-refractivity contribution in [2.45, 2.75) is 20.0 Å². The fourth-order valence-corrected chi connectivity index (χ4v) is 1.65. The van der Waals surface area contributed by atoms with Crippen LogP contribution in [-0.2, 0) is 18.9 Å². The summed E-state index contributed by atoms with van der Waals surface area (Å²) in [4.78, 5) is 22.7. The minimum absolute atomic E-state index is 0.0570. The third kappa shape index (κ3) is 7.08. The monoisotopic (exact) mass is 342 g/mol. The van der Waals surface area contributed by atoms with E-state index >= 15 is 0 Å². The van der Waals surface area contributed by atoms with Gasteiger partial charge in [0.05, 0.1) is 20.3 Å². The number of benzene rings is 1. The van der Waals surface area contributed by atoms with E-state index in [1.54, 1.807) is 38.1 Å². The predicted molar refractivity (Wildman–Crippen MR) is 83.4 cm³/mol. The highest BCUT2D eigenvalue weighted by Gasteiger charge is 2.20. The van der Waals surface area contributed by atoms with Gasteiger partial charge in [-0.25, -0.2) is 9.59 Å². The number of carbonyl (C=O) groups is 2. The van der Waals surface area contributed by atoms with Gasteiger partial charge in [-0.15, -0.1) is 0 Å². The van der Waals surface area contributed by atoms with Gasteiger partial charge in [0.15, 0.2) is 17.6 Å². The van der Waals surface area contributed by atoms with Crippen molar-refractivity contribution < 1.29 is 38.0 Å². The fourth-order valence-electron chi connectivity index (χ4n) is 1.65. The van der Waals surface area contributed by atoms with Crippen LogP contribution in [0, 0.1) is 0 Å². The number of methoxy groups -OCH3 is 1. The second-order valence-corrected chi connectivity index (χ2v) is 4.38. The Balaban J connectivity index is 2.62. The smallest absolute Gasteiger partial charge is 0.493 e. The lowest BCUT2D eigenvalue weighted by molar-refractivity contribution is -0.0290. The first-order chi connectivity index (χ1) is 11.6. The molecular weight excluding hydrogens is 320 g/mol. The molecule has 0 amide bonds. The highest BCUT2D eigenvalue weighted by atomic mass is 16.8. The minimum atomic E-state index is -0.876. The summed E-state index contributed by atoms with van der Waals surface area (Å²) in [5, 5.41) is 0. The Labute approximate surface area is 140 Å². The average Bonchev–Trinajstić information content (AvgIpc) is 2.58. The summed E-state index contributed by atoms with van der Waals surface area (Å²) in [7, 11) is 1.51. The van der Waals surface area contributed by atoms with E-state index in [9.17, 15) is 9.59 Å². The van der Waals surface area contributed by atoms with Gasteiger partial charge in [-0.2, -0.15) is 0 Å². The van der Waals surface area contributed by atoms with Crippen LogP contribution in [0.4, 0.5) is 9.59 Å². The largest absolute Gasteiger partial charge is 0.508 e. The Hall–Kier alpha value is -2.64. The average molecular weight is 342 g/mol. The maximum absolute atomic E-state index is 11.5. The summed E-state index contributed by atoms with van der Waals surface area (Å²) in [6, 6.07) is 6.99. The molecule has 0 N–H and O–H groups in total. The minimum Gasteiger partial charge on any atom is -0.493 e. The first-order valence-electron chi connectivity index (χ1n) is 7.49. The molecule has 1 aromatic carbocycles. The van der Waals surface area contributed by atoms with Crippen LogP contribution in [0.2, 0.25) is 0 Å². The molecule has 1 unspecified atom stereocenters. The summed E-state index contributed by atoms with van der Waals surface area (Å²) in [6.07, 6.45) is -2.59. The highest BCUT2D eigenvalue weighted by molar-refractivity contribution is 5.61. The molecule has 0 bridgehead atoms. The second kappa shape index (κ2) is 11.0. The van der Waals surface area contributed by atoms with Gasteiger partial charge in [0.25, 0.3) is 0 Å². The number of rotatable bonds is 9. The van der Waals surface area contributed by atoms with E-state index in [0.717, 1.165) is 0 Å². The van der Waals surface area contributed by atoms with Gasteiger partial charge in [0.1, 0.15) is 13.2 Å². The van der Waals surface area contributed by atoms with E-state index in [1.165, 1.54) is 7.11 Å². The lowest BCUT2D eigenvalue weighted by Gasteiger charge is -2.18. The van der Waals surface area contributed by atoms with Crippen LogP contribution in [0.5, 0.6) is 11.5 Å². The normalized spacial score (nSPS) is 11.1. The van der Waals surface area contributed by atoms with Crippen molar-refractivity contribution in [3.05, 3.63) is 24.3 Å². The van der Waals surface area contributed by atoms with Crippen LogP contribution < -0.4 is 9.47 Å². The van der Waals surface area contributed by atoms with Crippen LogP contribution in [0.15, 0.2) is 24.3 Å². The van der Waals surface area contributed by atoms with E-state index in [2.05, 4.69) is 4.74 Å². The zero-order chi connectivity index (χ0) is 17.8. The molecule has 0 heterocycles. The molecule has 0 aliphatic carbocycles. The Morgan fingerprint density at radius 1 is 0.917 bits per heavy atom. The summed E-state index contributed by atoms with van der Waals surface area (Å²) in [5.41, 5.74) is 0. The van der Waals surface area contributed by atoms with Gasteiger partial charge in [0.2, 0.25) is 0 Å². The van der Waals surface area contributed by atoms with Crippen molar-refractivity contribution in [1.82, 2.24) is 0 Å². The lowest BCUT2D eigenvalue weighted by atomic mass is 10.3. The van der Waals surface area contributed by atoms with Gasteiger partial charge in [-0.1, -0.05) is 12.1 Å². The zero-order valence-electron chi connectivity index (χ0n) is 14.0. The van der Waals surface area contributed by atoms with Crippen molar-refractivity contribution in [3.8, 4) is 11.5 Å². The van der Waals surface area contributed by atoms with Crippen molar-refractivity contribution >= 4 is 12.3 Å². The van der Waals surface area contributed by atoms with E-state index in [1.807, 2.05) is 0 Å². The number of carbonyl (C=O) groups excluding carboxylic acids is 2. The van der Waals surface area contributed by atoms with Crippen LogP contribution >= 0.6 is 0 Å². The quantitative estimate of drug-likeness (QED) is 0.633. The summed E-state index contributed by atoms with van der Waals surface area (Å²) in [5.74, 6) is 0.993. The molecule has 0 fully saturated rings. The van der Waals surface area contributed by atoms with Crippen molar-refractivity contribution in [1.29, 1.82) is 0 Å². The summed E-state index contributed by atoms with van der Waals surface area (Å²) in [6.45, 7) is 3.36. The SMILES string of the molecule is CCOC(=O)OCC(COc1ccccc1OC)OC(=O)OCC. The number of para-hydroxylation sites is 2. The van der Waals surface area contributed by atoms with Crippen molar-refractivity contribution in [3.63, 3.8) is 0 Å². The molecule has 0 radical (unpaired) electrons. The molecule has 0 aliphatic heterocycles. The Morgan fingerprint density at radius 2 is 1.54 bits per heavy atom. The van der Waals surface area contributed by atoms with Crippen LogP contribution in [-0.4, -0.2) is 52.0 Å². The Kier molecular flexibility index (Phi) is 8.88. The van der Waals surface area contributed by atoms with E-state index in [0.29, 0.717) is 11.5 Å². The summed E-state index contributed by atoms with van der Waals surface area (Å²) < 4.78 is 30.0. The molecule has 8 nitrogen and oxygen atoms in total. The van der Waals surface area contributed by atoms with E-state index in [4.69, 9.17) is 23.7 Å². The van der Waals surface area contributed by atoms with E-state index < -0.39 is 18.4 Å². The molecule has 24 heavy (non-hydrogen) atoms. The topological polar surface area (TPSA) is 89.5 Å². The Morgan fingerprint density at radius 3 is 2.17 bits per heavy atom. The highest BCUT2D eigenvalue weighted by Crippen LogP contribution is 2.26. The van der Waals surface area contributed by atoms with Crippen LogP contribution in [0.3, 0.4) is 0 Å². The summed E-state index contributed by atoms with van der Waals surface area (Å²) >= 11 is 0. The van der Waals surface area contributed by atoms with Crippen LogP contribution in [0.25, 0.3) is 0 Å². The third-order valence-corrected chi connectivity index (χ3v) is 2.67. The molecule has 0 aliphatic rings. The molecule has 1 rings (SSSR count). The van der Waals surface area contributed by atoms with Gasteiger partial charge in [-0.05, 0) is 26.0 Å². The number of hydrogen-bond donors (Lipinski definition) is 0. The fraction of sp³-hybridized carbons (Fsp3) is 0.500. The third-order valence-electron chi connectivity index (χ3n) is 2.67. The maximum Gasteiger partial charge on any atom is 0.508 e. The van der Waals surface area contributed by atoms with Crippen LogP contribution in [0.1, 0.15) is 13.8 Å². The zero-order valence-corrected chi connectivity index (χ0v) is 14.0. The number of hydrogen-bond acceptors (Lipinski definition) is 8. The second-order valence-electron chi connectivity index (χ2n) is 4.38. The van der Waals surface area contributed by atoms with Gasteiger partial charge in [-0.3, -0.25) is 0 Å². The molecule has 0 aromatic heterocycles. The lowest BCUT2D eigenvalue weighted by Crippen LogP contribution is -2.31. The molecule has 0 saturated heterocycles. The standard InChI is InChI=1S/C16H22O8/c1-4-20-15(17)23-11-12(24-16(18)21-5-2)10-22-14-9-7-6-8-13(14)19-3/h6-9,12H,4-5,10-11H2,1-3H3. The molecule has 0 saturated carbocycles. The van der Waals surface area contributed by atoms with Crippen molar-refractivity contribution in [2.24, 2.45) is 0 Å². The first kappa shape index (κ1) is 19.4. The molecular formula is C16H22O8. The molecule has 8 heteroatoms. The molecule has 0 spiro atoms. The van der Waals surface area contributed by atoms with Gasteiger partial charge in [0, 0.05) is 0 Å². The molecule has 1 atom stereocenters. The number of ether oxygens (including phenoxy) is 6. The Bertz CT molecular complexity index is 517. The van der Waals surface area contributed by atoms with Gasteiger partial charge < -0.3 is 28.4 Å². The van der Waals surface area contributed by atoms with Crippen molar-refractivity contribution in [2.75, 3.05) is 33.5 Å². The predicted octanol–water partition coefficient (Wildman–Crippen LogP) is 2.79. The maximum atomic E-state index is 11.5. The van der Waals surface area contributed by atoms with E-state index in [-0.39, 0.29) is 26.4 Å². The molecule has 1 aromatic rings. The van der Waals surface area contributed by atoms with Gasteiger partial charge >= 0.3 is 12.3 Å². The molecule has 134 valence electrons. The first-order valence-corrected chi connectivity index (χ1v) is 7.49.